The molecular weight excluding hydrogens is 406 g/mol. The number of carboxylic acids is 1. The van der Waals surface area contributed by atoms with Crippen LogP contribution in [0, 0.1) is 5.41 Å². The molecule has 0 spiro atoms. The van der Waals surface area contributed by atoms with Gasteiger partial charge in [-0.2, -0.15) is 0 Å². The summed E-state index contributed by atoms with van der Waals surface area (Å²) in [6, 6.07) is 5.58. The maximum absolute atomic E-state index is 12.2. The molecule has 1 aromatic rings. The Morgan fingerprint density at radius 2 is 2.10 bits per heavy atom. The summed E-state index contributed by atoms with van der Waals surface area (Å²) in [4.78, 5) is 40.3. The number of nitrogens with zero attached hydrogens (tertiary/aromatic N) is 1. The third-order valence-corrected chi connectivity index (χ3v) is 4.32. The van der Waals surface area contributed by atoms with Crippen molar-refractivity contribution in [1.82, 2.24) is 10.6 Å². The number of nitrogens with two attached hydrogens (primary N) is 1. The molecule has 0 aromatic heterocycles. The Morgan fingerprint density at radius 3 is 2.71 bits per heavy atom. The van der Waals surface area contributed by atoms with Crippen molar-refractivity contribution >= 4 is 29.5 Å². The topological polar surface area (TPSA) is 176 Å². The van der Waals surface area contributed by atoms with Gasteiger partial charge in [-0.05, 0) is 12.0 Å². The molecule has 0 unspecified atom stereocenters. The predicted molar refractivity (Wildman–Crippen MR) is 112 cm³/mol. The summed E-state index contributed by atoms with van der Waals surface area (Å²) in [5.74, 6) is -1.79. The standard InChI is InChI=1S/C20H25N5O6/c1-2-3-8-30-20(29)24-16(19(27)28)11-23-17(26)10-14-9-15(25-31-14)12-4-6-13(7-5-12)18(21)22/h2,4-7,14,16H,1,3,8-11H2,(H3,21,22)(H,23,26)(H,24,29)(H,27,28)/t14-,16+/m1/s1. The molecule has 2 atom stereocenters. The van der Waals surface area contributed by atoms with Crippen LogP contribution in [0.1, 0.15) is 30.4 Å². The maximum atomic E-state index is 12.2. The number of hydrogen-bond donors (Lipinski definition) is 5. The molecule has 1 aliphatic rings. The van der Waals surface area contributed by atoms with Crippen molar-refractivity contribution in [2.45, 2.75) is 31.4 Å². The SMILES string of the molecule is C=CCCOC(=O)N[C@@H](CNC(=O)C[C@H]1CC(c2ccc(C(=N)N)cc2)=NO1)C(=O)O. The summed E-state index contributed by atoms with van der Waals surface area (Å²) in [6.45, 7) is 3.25. The molecule has 0 saturated carbocycles. The van der Waals surface area contributed by atoms with Gasteiger partial charge in [0.1, 0.15) is 18.0 Å². The molecule has 2 rings (SSSR count). The second-order valence-corrected chi connectivity index (χ2v) is 6.72. The Bertz CT molecular complexity index is 867. The molecule has 0 saturated heterocycles. The van der Waals surface area contributed by atoms with Crippen LogP contribution in [0.4, 0.5) is 4.79 Å². The van der Waals surface area contributed by atoms with E-state index in [2.05, 4.69) is 22.4 Å². The lowest BCUT2D eigenvalue weighted by molar-refractivity contribution is -0.139. The number of carbonyl (C=O) groups excluding carboxylic acids is 2. The van der Waals surface area contributed by atoms with Gasteiger partial charge in [-0.1, -0.05) is 35.5 Å². The second kappa shape index (κ2) is 11.3. The van der Waals surface area contributed by atoms with Gasteiger partial charge in [-0.15, -0.1) is 6.58 Å². The van der Waals surface area contributed by atoms with E-state index in [4.69, 9.17) is 20.7 Å². The monoisotopic (exact) mass is 431 g/mol. The van der Waals surface area contributed by atoms with Gasteiger partial charge in [-0.25, -0.2) is 9.59 Å². The molecular formula is C20H25N5O6. The fraction of sp³-hybridized carbons (Fsp3) is 0.350. The Morgan fingerprint density at radius 1 is 1.39 bits per heavy atom. The minimum absolute atomic E-state index is 0.0331. The first-order valence-electron chi connectivity index (χ1n) is 9.51. The van der Waals surface area contributed by atoms with Crippen LogP contribution in [0.15, 0.2) is 42.1 Å². The van der Waals surface area contributed by atoms with E-state index < -0.39 is 30.1 Å². The first-order chi connectivity index (χ1) is 14.8. The molecule has 31 heavy (non-hydrogen) atoms. The third kappa shape index (κ3) is 7.46. The van der Waals surface area contributed by atoms with Crippen molar-refractivity contribution < 1.29 is 29.1 Å². The van der Waals surface area contributed by atoms with Crippen molar-refractivity contribution in [3.8, 4) is 0 Å². The maximum Gasteiger partial charge on any atom is 0.407 e. The summed E-state index contributed by atoms with van der Waals surface area (Å²) in [5, 5.41) is 25.2. The van der Waals surface area contributed by atoms with Gasteiger partial charge in [-0.3, -0.25) is 10.2 Å². The number of hydrogen-bond acceptors (Lipinski definition) is 7. The van der Waals surface area contributed by atoms with Crippen molar-refractivity contribution in [1.29, 1.82) is 5.41 Å². The van der Waals surface area contributed by atoms with Gasteiger partial charge in [0.05, 0.1) is 18.7 Å². The normalized spacial score (nSPS) is 15.7. The number of nitrogen functional groups attached to an aromatic ring is 1. The van der Waals surface area contributed by atoms with E-state index in [-0.39, 0.29) is 25.4 Å². The van der Waals surface area contributed by atoms with Crippen molar-refractivity contribution in [3.05, 3.63) is 48.0 Å². The number of carboxylic acid groups (broad SMARTS) is 1. The highest BCUT2D eigenvalue weighted by atomic mass is 16.6. The number of oxime groups is 1. The summed E-state index contributed by atoms with van der Waals surface area (Å²) >= 11 is 0. The highest BCUT2D eigenvalue weighted by molar-refractivity contribution is 6.02. The van der Waals surface area contributed by atoms with Crippen LogP contribution in [0.25, 0.3) is 0 Å². The lowest BCUT2D eigenvalue weighted by atomic mass is 10.0. The Hall–Kier alpha value is -3.89. The summed E-state index contributed by atoms with van der Waals surface area (Å²) in [7, 11) is 0. The highest BCUT2D eigenvalue weighted by Crippen LogP contribution is 2.19. The van der Waals surface area contributed by atoms with Gasteiger partial charge in [0, 0.05) is 18.5 Å². The summed E-state index contributed by atoms with van der Waals surface area (Å²) in [5.41, 5.74) is 7.46. The van der Waals surface area contributed by atoms with E-state index in [0.29, 0.717) is 24.1 Å². The largest absolute Gasteiger partial charge is 0.480 e. The van der Waals surface area contributed by atoms with Crippen LogP contribution in [-0.4, -0.2) is 59.9 Å². The summed E-state index contributed by atoms with van der Waals surface area (Å²) < 4.78 is 4.80. The van der Waals surface area contributed by atoms with Crippen LogP contribution < -0.4 is 16.4 Å². The van der Waals surface area contributed by atoms with Crippen LogP contribution >= 0.6 is 0 Å². The number of alkyl carbamates (subject to hydrolysis) is 1. The third-order valence-electron chi connectivity index (χ3n) is 4.32. The average Bonchev–Trinajstić information content (AvgIpc) is 3.19. The summed E-state index contributed by atoms with van der Waals surface area (Å²) in [6.07, 6.45) is 0.967. The van der Waals surface area contributed by atoms with Crippen molar-refractivity contribution in [2.75, 3.05) is 13.2 Å². The average molecular weight is 431 g/mol. The minimum atomic E-state index is -1.34. The number of carbonyl (C=O) groups is 3. The van der Waals surface area contributed by atoms with E-state index in [1.807, 2.05) is 0 Å². The van der Waals surface area contributed by atoms with Crippen LogP contribution in [-0.2, 0) is 19.2 Å². The molecule has 6 N–H and O–H groups in total. The molecule has 11 heteroatoms. The quantitative estimate of drug-likeness (QED) is 0.148. The smallest absolute Gasteiger partial charge is 0.407 e. The van der Waals surface area contributed by atoms with Crippen LogP contribution in [0.3, 0.4) is 0 Å². The number of ether oxygens (including phenoxy) is 1. The molecule has 11 nitrogen and oxygen atoms in total. The minimum Gasteiger partial charge on any atom is -0.480 e. The fourth-order valence-corrected chi connectivity index (χ4v) is 2.66. The predicted octanol–water partition coefficient (Wildman–Crippen LogP) is 0.725. The van der Waals surface area contributed by atoms with Gasteiger partial charge in [0.2, 0.25) is 5.91 Å². The number of amidine groups is 1. The van der Waals surface area contributed by atoms with Crippen molar-refractivity contribution in [2.24, 2.45) is 10.9 Å². The Balaban J connectivity index is 1.77. The van der Waals surface area contributed by atoms with E-state index in [9.17, 15) is 19.5 Å². The van der Waals surface area contributed by atoms with Crippen molar-refractivity contribution in [3.63, 3.8) is 0 Å². The Labute approximate surface area is 178 Å². The van der Waals surface area contributed by atoms with E-state index in [0.717, 1.165) is 5.56 Å². The number of aliphatic carboxylic acids is 1. The van der Waals surface area contributed by atoms with Gasteiger partial charge < -0.3 is 31.0 Å². The van der Waals surface area contributed by atoms with Gasteiger partial charge >= 0.3 is 12.1 Å². The molecule has 0 fully saturated rings. The first-order valence-corrected chi connectivity index (χ1v) is 9.51. The molecule has 1 heterocycles. The molecule has 166 valence electrons. The van der Waals surface area contributed by atoms with Crippen LogP contribution in [0.5, 0.6) is 0 Å². The molecule has 1 aliphatic heterocycles. The molecule has 0 aliphatic carbocycles. The first kappa shape index (κ1) is 23.4. The zero-order valence-electron chi connectivity index (χ0n) is 16.8. The van der Waals surface area contributed by atoms with E-state index in [1.165, 1.54) is 0 Å². The van der Waals surface area contributed by atoms with Crippen LogP contribution in [0.2, 0.25) is 0 Å². The zero-order chi connectivity index (χ0) is 22.8. The fourth-order valence-electron chi connectivity index (χ4n) is 2.66. The number of benzene rings is 1. The lowest BCUT2D eigenvalue weighted by Crippen LogP contribution is -2.48. The molecule has 0 bridgehead atoms. The van der Waals surface area contributed by atoms with E-state index in [1.54, 1.807) is 30.3 Å². The zero-order valence-corrected chi connectivity index (χ0v) is 16.8. The van der Waals surface area contributed by atoms with Gasteiger partial charge in [0.25, 0.3) is 0 Å². The van der Waals surface area contributed by atoms with Gasteiger partial charge in [0.15, 0.2) is 0 Å². The Kier molecular flexibility index (Phi) is 8.55. The number of amides is 2. The van der Waals surface area contributed by atoms with E-state index >= 15 is 0 Å². The second-order valence-electron chi connectivity index (χ2n) is 6.72. The lowest BCUT2D eigenvalue weighted by Gasteiger charge is -2.16. The molecule has 0 radical (unpaired) electrons. The highest BCUT2D eigenvalue weighted by Gasteiger charge is 2.26. The molecule has 2 amide bonds. The number of nitrogens with one attached hydrogen (secondary N) is 3. The number of rotatable bonds is 11. The molecule has 1 aromatic carbocycles.